The lowest BCUT2D eigenvalue weighted by Crippen LogP contribution is -2.22. The quantitative estimate of drug-likeness (QED) is 0.810. The first-order valence-corrected chi connectivity index (χ1v) is 6.71. The van der Waals surface area contributed by atoms with Crippen molar-refractivity contribution in [1.29, 1.82) is 0 Å². The van der Waals surface area contributed by atoms with Crippen LogP contribution in [0.1, 0.15) is 51.6 Å². The van der Waals surface area contributed by atoms with Gasteiger partial charge in [0.1, 0.15) is 0 Å². The Balaban J connectivity index is 2.69. The van der Waals surface area contributed by atoms with Gasteiger partial charge in [0.05, 0.1) is 0 Å². The molecule has 2 unspecified atom stereocenters. The van der Waals surface area contributed by atoms with E-state index in [1.54, 1.807) is 0 Å². The summed E-state index contributed by atoms with van der Waals surface area (Å²) in [5.41, 5.74) is 7.71. The molecule has 3 N–H and O–H groups in total. The number of amides is 1. The minimum Gasteiger partial charge on any atom is -0.326 e. The highest BCUT2D eigenvalue weighted by atomic mass is 16.1. The van der Waals surface area contributed by atoms with E-state index in [9.17, 15) is 4.79 Å². The summed E-state index contributed by atoms with van der Waals surface area (Å²) in [7, 11) is 0. The third-order valence-corrected chi connectivity index (χ3v) is 3.15. The predicted octanol–water partition coefficient (Wildman–Crippen LogP) is 3.47. The summed E-state index contributed by atoms with van der Waals surface area (Å²) < 4.78 is 0. The van der Waals surface area contributed by atoms with Gasteiger partial charge in [-0.15, -0.1) is 0 Å². The normalized spacial score (nSPS) is 14.0. The van der Waals surface area contributed by atoms with E-state index < -0.39 is 0 Å². The van der Waals surface area contributed by atoms with Gasteiger partial charge in [-0.25, -0.2) is 0 Å². The number of hydrogen-bond acceptors (Lipinski definition) is 2. The van der Waals surface area contributed by atoms with E-state index in [0.717, 1.165) is 30.5 Å². The summed E-state index contributed by atoms with van der Waals surface area (Å²) in [5, 5.41) is 2.98. The second-order valence-electron chi connectivity index (χ2n) is 4.91. The topological polar surface area (TPSA) is 55.1 Å². The fourth-order valence-electron chi connectivity index (χ4n) is 1.91. The van der Waals surface area contributed by atoms with E-state index in [-0.39, 0.29) is 17.9 Å². The Bertz CT molecular complexity index is 388. The lowest BCUT2D eigenvalue weighted by atomic mass is 10.0. The van der Waals surface area contributed by atoms with Crippen LogP contribution in [0, 0.1) is 5.92 Å². The molecule has 1 aromatic carbocycles. The van der Waals surface area contributed by atoms with Gasteiger partial charge < -0.3 is 11.1 Å². The van der Waals surface area contributed by atoms with Crippen LogP contribution in [0.25, 0.3) is 0 Å². The zero-order chi connectivity index (χ0) is 13.5. The van der Waals surface area contributed by atoms with Crippen molar-refractivity contribution < 1.29 is 4.79 Å². The summed E-state index contributed by atoms with van der Waals surface area (Å²) in [6, 6.07) is 7.64. The lowest BCUT2D eigenvalue weighted by Gasteiger charge is -2.16. The molecule has 18 heavy (non-hydrogen) atoms. The first-order valence-electron chi connectivity index (χ1n) is 6.71. The maximum absolute atomic E-state index is 12.0. The highest BCUT2D eigenvalue weighted by molar-refractivity contribution is 5.93. The zero-order valence-corrected chi connectivity index (χ0v) is 11.6. The molecule has 0 aliphatic heterocycles. The van der Waals surface area contributed by atoms with Crippen LogP contribution in [-0.4, -0.2) is 5.91 Å². The van der Waals surface area contributed by atoms with Crippen LogP contribution in [0.3, 0.4) is 0 Å². The molecular weight excluding hydrogens is 224 g/mol. The Hall–Kier alpha value is -1.35. The number of rotatable bonds is 6. The number of nitrogens with one attached hydrogen (secondary N) is 1. The van der Waals surface area contributed by atoms with Crippen molar-refractivity contribution in [2.75, 3.05) is 5.32 Å². The number of carbonyl (C=O) groups excluding carboxylic acids is 1. The Kier molecular flexibility index (Phi) is 5.86. The van der Waals surface area contributed by atoms with Crippen molar-refractivity contribution in [3.8, 4) is 0 Å². The van der Waals surface area contributed by atoms with Gasteiger partial charge in [0.2, 0.25) is 5.91 Å². The van der Waals surface area contributed by atoms with Gasteiger partial charge in [-0.3, -0.25) is 4.79 Å². The van der Waals surface area contributed by atoms with Crippen LogP contribution < -0.4 is 11.1 Å². The number of nitrogens with two attached hydrogens (primary N) is 1. The molecule has 2 atom stereocenters. The minimum atomic E-state index is -0.0764. The third-order valence-electron chi connectivity index (χ3n) is 3.15. The SMILES string of the molecule is CCCCC(C)C(=O)Nc1ccccc1C(C)N. The van der Waals surface area contributed by atoms with Gasteiger partial charge in [0.25, 0.3) is 0 Å². The fourth-order valence-corrected chi connectivity index (χ4v) is 1.91. The van der Waals surface area contributed by atoms with E-state index in [0.29, 0.717) is 0 Å². The van der Waals surface area contributed by atoms with E-state index in [1.807, 2.05) is 38.1 Å². The monoisotopic (exact) mass is 248 g/mol. The van der Waals surface area contributed by atoms with Gasteiger partial charge >= 0.3 is 0 Å². The largest absolute Gasteiger partial charge is 0.326 e. The molecule has 0 radical (unpaired) electrons. The number of benzene rings is 1. The highest BCUT2D eigenvalue weighted by Gasteiger charge is 2.14. The molecule has 0 aromatic heterocycles. The Morgan fingerprint density at radius 3 is 2.61 bits per heavy atom. The van der Waals surface area contributed by atoms with Crippen LogP contribution >= 0.6 is 0 Å². The number of hydrogen-bond donors (Lipinski definition) is 2. The van der Waals surface area contributed by atoms with Crippen molar-refractivity contribution in [1.82, 2.24) is 0 Å². The van der Waals surface area contributed by atoms with Crippen LogP contribution in [0.2, 0.25) is 0 Å². The van der Waals surface area contributed by atoms with Crippen molar-refractivity contribution in [3.05, 3.63) is 29.8 Å². The predicted molar refractivity (Wildman–Crippen MR) is 76.4 cm³/mol. The van der Waals surface area contributed by atoms with Gasteiger partial charge in [-0.05, 0) is 25.0 Å². The van der Waals surface area contributed by atoms with E-state index in [1.165, 1.54) is 0 Å². The molecule has 3 heteroatoms. The Morgan fingerprint density at radius 1 is 1.33 bits per heavy atom. The summed E-state index contributed by atoms with van der Waals surface area (Å²) in [4.78, 5) is 12.0. The fraction of sp³-hybridized carbons (Fsp3) is 0.533. The molecule has 0 saturated heterocycles. The average Bonchev–Trinajstić information content (AvgIpc) is 2.36. The van der Waals surface area contributed by atoms with Gasteiger partial charge in [0.15, 0.2) is 0 Å². The molecule has 1 aromatic rings. The molecular formula is C15H24N2O. The Morgan fingerprint density at radius 2 is 2.00 bits per heavy atom. The molecule has 3 nitrogen and oxygen atoms in total. The third kappa shape index (κ3) is 4.15. The first kappa shape index (κ1) is 14.7. The lowest BCUT2D eigenvalue weighted by molar-refractivity contribution is -0.119. The van der Waals surface area contributed by atoms with E-state index >= 15 is 0 Å². The number of para-hydroxylation sites is 1. The smallest absolute Gasteiger partial charge is 0.227 e. The maximum atomic E-state index is 12.0. The summed E-state index contributed by atoms with van der Waals surface area (Å²) >= 11 is 0. The molecule has 0 fully saturated rings. The second-order valence-corrected chi connectivity index (χ2v) is 4.91. The molecule has 0 saturated carbocycles. The van der Waals surface area contributed by atoms with Crippen LogP contribution in [0.4, 0.5) is 5.69 Å². The molecule has 100 valence electrons. The molecule has 1 rings (SSSR count). The van der Waals surface area contributed by atoms with E-state index in [2.05, 4.69) is 12.2 Å². The summed E-state index contributed by atoms with van der Waals surface area (Å²) in [5.74, 6) is 0.127. The van der Waals surface area contributed by atoms with Crippen LogP contribution in [0.15, 0.2) is 24.3 Å². The van der Waals surface area contributed by atoms with Gasteiger partial charge in [0, 0.05) is 17.6 Å². The molecule has 1 amide bonds. The highest BCUT2D eigenvalue weighted by Crippen LogP contribution is 2.22. The number of carbonyl (C=O) groups is 1. The maximum Gasteiger partial charge on any atom is 0.227 e. The standard InChI is InChI=1S/C15H24N2O/c1-4-5-8-11(2)15(18)17-14-10-7-6-9-13(14)12(3)16/h6-7,9-12H,4-5,8,16H2,1-3H3,(H,17,18). The summed E-state index contributed by atoms with van der Waals surface area (Å²) in [6.07, 6.45) is 3.14. The molecule has 0 aliphatic carbocycles. The van der Waals surface area contributed by atoms with Crippen molar-refractivity contribution in [2.45, 2.75) is 46.1 Å². The average molecular weight is 248 g/mol. The Labute approximate surface area is 110 Å². The minimum absolute atomic E-state index is 0.0473. The molecule has 0 aliphatic rings. The van der Waals surface area contributed by atoms with Crippen molar-refractivity contribution in [2.24, 2.45) is 11.7 Å². The second kappa shape index (κ2) is 7.17. The number of unbranched alkanes of at least 4 members (excludes halogenated alkanes) is 1. The van der Waals surface area contributed by atoms with Gasteiger partial charge in [-0.2, -0.15) is 0 Å². The first-order chi connectivity index (χ1) is 8.56. The van der Waals surface area contributed by atoms with Crippen LogP contribution in [0.5, 0.6) is 0 Å². The zero-order valence-electron chi connectivity index (χ0n) is 11.6. The molecule has 0 spiro atoms. The summed E-state index contributed by atoms with van der Waals surface area (Å²) in [6.45, 7) is 6.03. The molecule has 0 bridgehead atoms. The van der Waals surface area contributed by atoms with E-state index in [4.69, 9.17) is 5.73 Å². The van der Waals surface area contributed by atoms with Crippen LogP contribution in [-0.2, 0) is 4.79 Å². The van der Waals surface area contributed by atoms with Gasteiger partial charge in [-0.1, -0.05) is 44.9 Å². The molecule has 0 heterocycles. The van der Waals surface area contributed by atoms with Crippen molar-refractivity contribution >= 4 is 11.6 Å². The van der Waals surface area contributed by atoms with Crippen molar-refractivity contribution in [3.63, 3.8) is 0 Å². The number of anilines is 1.